The van der Waals surface area contributed by atoms with Gasteiger partial charge in [-0.15, -0.1) is 0 Å². The van der Waals surface area contributed by atoms with Gasteiger partial charge in [0, 0.05) is 37.4 Å². The summed E-state index contributed by atoms with van der Waals surface area (Å²) in [6, 6.07) is 2.15. The molecule has 1 saturated heterocycles. The second kappa shape index (κ2) is 7.76. The number of carbonyl (C=O) groups excluding carboxylic acids is 2. The highest BCUT2D eigenvalue weighted by molar-refractivity contribution is 5.95. The lowest BCUT2D eigenvalue weighted by atomic mass is 9.90. The quantitative estimate of drug-likeness (QED) is 0.791. The van der Waals surface area contributed by atoms with E-state index < -0.39 is 5.60 Å². The molecule has 0 atom stereocenters. The van der Waals surface area contributed by atoms with Crippen LogP contribution in [-0.2, 0) is 15.0 Å². The molecule has 30 heavy (non-hydrogen) atoms. The van der Waals surface area contributed by atoms with Crippen LogP contribution in [0.3, 0.4) is 0 Å². The van der Waals surface area contributed by atoms with Gasteiger partial charge in [-0.05, 0) is 31.9 Å². The molecule has 0 radical (unpaired) electrons. The molecule has 0 bridgehead atoms. The van der Waals surface area contributed by atoms with Crippen LogP contribution in [0.5, 0.6) is 0 Å². The number of amides is 2. The van der Waals surface area contributed by atoms with Crippen molar-refractivity contribution in [2.45, 2.75) is 83.3 Å². The summed E-state index contributed by atoms with van der Waals surface area (Å²) < 4.78 is 5.84. The number of hydrogen-bond donors (Lipinski definition) is 2. The number of carbonyl (C=O) groups is 2. The van der Waals surface area contributed by atoms with E-state index in [0.29, 0.717) is 43.0 Å². The molecule has 0 unspecified atom stereocenters. The Kier molecular flexibility index (Phi) is 5.43. The molecule has 2 aliphatic heterocycles. The average Bonchev–Trinajstić information content (AvgIpc) is 3.42. The molecule has 0 aromatic carbocycles. The second-order valence-electron chi connectivity index (χ2n) is 9.90. The largest absolute Gasteiger partial charge is 0.465 e. The molecule has 3 heterocycles. The SMILES string of the molecule is Cc1oc(C(C)(C)C)cc1C(=O)N1CCC2(C=C(C(=O)NC3CCCC3)NO2)CC1. The Morgan fingerprint density at radius 2 is 1.87 bits per heavy atom. The molecule has 2 N–H and O–H groups in total. The Morgan fingerprint density at radius 3 is 2.47 bits per heavy atom. The fraction of sp³-hybridized carbons (Fsp3) is 0.652. The van der Waals surface area contributed by atoms with Gasteiger partial charge in [-0.3, -0.25) is 19.9 Å². The number of hydroxylamine groups is 1. The first-order valence-corrected chi connectivity index (χ1v) is 11.0. The van der Waals surface area contributed by atoms with Crippen LogP contribution in [0.4, 0.5) is 0 Å². The van der Waals surface area contributed by atoms with Crippen LogP contribution >= 0.6 is 0 Å². The Labute approximate surface area is 178 Å². The second-order valence-corrected chi connectivity index (χ2v) is 9.90. The van der Waals surface area contributed by atoms with Gasteiger partial charge >= 0.3 is 0 Å². The van der Waals surface area contributed by atoms with E-state index in [9.17, 15) is 9.59 Å². The van der Waals surface area contributed by atoms with Crippen molar-refractivity contribution < 1.29 is 18.8 Å². The fourth-order valence-corrected chi connectivity index (χ4v) is 4.49. The minimum atomic E-state index is -0.527. The molecule has 7 heteroatoms. The van der Waals surface area contributed by atoms with Crippen molar-refractivity contribution >= 4 is 11.8 Å². The third-order valence-electron chi connectivity index (χ3n) is 6.49. The number of piperidine rings is 1. The van der Waals surface area contributed by atoms with E-state index in [0.717, 1.165) is 18.6 Å². The molecule has 1 aromatic heterocycles. The molecule has 2 amide bonds. The molecule has 2 fully saturated rings. The van der Waals surface area contributed by atoms with Crippen LogP contribution in [0.2, 0.25) is 0 Å². The molecule has 7 nitrogen and oxygen atoms in total. The Morgan fingerprint density at radius 1 is 1.20 bits per heavy atom. The highest BCUT2D eigenvalue weighted by Crippen LogP contribution is 2.34. The molecule has 1 saturated carbocycles. The predicted octanol–water partition coefficient (Wildman–Crippen LogP) is 3.34. The molecule has 4 rings (SSSR count). The molecule has 1 aromatic rings. The van der Waals surface area contributed by atoms with E-state index in [1.54, 1.807) is 0 Å². The van der Waals surface area contributed by atoms with Crippen molar-refractivity contribution in [1.82, 2.24) is 15.7 Å². The lowest BCUT2D eigenvalue weighted by Crippen LogP contribution is -2.46. The minimum absolute atomic E-state index is 0.00395. The van der Waals surface area contributed by atoms with Gasteiger partial charge in [0.15, 0.2) is 0 Å². The molecule has 1 spiro atoms. The normalized spacial score (nSPS) is 21.6. The fourth-order valence-electron chi connectivity index (χ4n) is 4.49. The Hall–Kier alpha value is -2.28. The minimum Gasteiger partial charge on any atom is -0.465 e. The van der Waals surface area contributed by atoms with Crippen LogP contribution in [-0.4, -0.2) is 41.4 Å². The van der Waals surface area contributed by atoms with Gasteiger partial charge in [-0.2, -0.15) is 0 Å². The van der Waals surface area contributed by atoms with Crippen LogP contribution in [0, 0.1) is 6.92 Å². The third-order valence-corrected chi connectivity index (χ3v) is 6.49. The standard InChI is InChI=1S/C23H33N3O4/c1-15-17(13-19(29-15)22(2,3)4)21(28)26-11-9-23(10-12-26)14-18(25-30-23)20(27)24-16-7-5-6-8-16/h13-14,16,25H,5-12H2,1-4H3,(H,24,27). The van der Waals surface area contributed by atoms with Crippen molar-refractivity contribution in [3.8, 4) is 0 Å². The lowest BCUT2D eigenvalue weighted by molar-refractivity contribution is -0.120. The number of hydrogen-bond acceptors (Lipinski definition) is 5. The first-order chi connectivity index (χ1) is 14.2. The lowest BCUT2D eigenvalue weighted by Gasteiger charge is -2.36. The van der Waals surface area contributed by atoms with Crippen molar-refractivity contribution in [2.24, 2.45) is 0 Å². The Balaban J connectivity index is 1.38. The zero-order valence-electron chi connectivity index (χ0n) is 18.5. The van der Waals surface area contributed by atoms with E-state index in [-0.39, 0.29) is 23.3 Å². The summed E-state index contributed by atoms with van der Waals surface area (Å²) in [5.74, 6) is 1.38. The van der Waals surface area contributed by atoms with Crippen molar-refractivity contribution in [1.29, 1.82) is 0 Å². The topological polar surface area (TPSA) is 83.8 Å². The summed E-state index contributed by atoms with van der Waals surface area (Å²) in [5, 5.41) is 3.09. The smallest absolute Gasteiger partial charge is 0.269 e. The Bertz CT molecular complexity index is 850. The van der Waals surface area contributed by atoms with Crippen LogP contribution in [0.1, 0.15) is 81.2 Å². The maximum absolute atomic E-state index is 13.1. The van der Waals surface area contributed by atoms with Crippen molar-refractivity contribution in [3.63, 3.8) is 0 Å². The van der Waals surface area contributed by atoms with Gasteiger partial charge in [-0.25, -0.2) is 0 Å². The first kappa shape index (κ1) is 21.0. The molecular formula is C23H33N3O4. The highest BCUT2D eigenvalue weighted by atomic mass is 16.7. The maximum atomic E-state index is 13.1. The summed E-state index contributed by atoms with van der Waals surface area (Å²) >= 11 is 0. The van der Waals surface area contributed by atoms with Crippen LogP contribution in [0.15, 0.2) is 22.3 Å². The van der Waals surface area contributed by atoms with Crippen molar-refractivity contribution in [2.75, 3.05) is 13.1 Å². The van der Waals surface area contributed by atoms with E-state index in [1.807, 2.05) is 24.0 Å². The summed E-state index contributed by atoms with van der Waals surface area (Å²) in [6.45, 7) is 9.20. The van der Waals surface area contributed by atoms with E-state index >= 15 is 0 Å². The number of aryl methyl sites for hydroxylation is 1. The number of nitrogens with one attached hydrogen (secondary N) is 2. The zero-order valence-corrected chi connectivity index (χ0v) is 18.5. The zero-order chi connectivity index (χ0) is 21.5. The molecule has 164 valence electrons. The van der Waals surface area contributed by atoms with Crippen molar-refractivity contribution in [3.05, 3.63) is 34.9 Å². The van der Waals surface area contributed by atoms with Gasteiger partial charge < -0.3 is 14.6 Å². The predicted molar refractivity (Wildman–Crippen MR) is 113 cm³/mol. The van der Waals surface area contributed by atoms with E-state index in [4.69, 9.17) is 9.25 Å². The number of nitrogens with zero attached hydrogens (tertiary/aromatic N) is 1. The van der Waals surface area contributed by atoms with Gasteiger partial charge in [0.1, 0.15) is 22.8 Å². The maximum Gasteiger partial charge on any atom is 0.269 e. The third kappa shape index (κ3) is 4.13. The highest BCUT2D eigenvalue weighted by Gasteiger charge is 2.41. The molecule has 3 aliphatic rings. The van der Waals surface area contributed by atoms with Crippen LogP contribution in [0.25, 0.3) is 0 Å². The number of likely N-dealkylation sites (tertiary alicyclic amines) is 1. The van der Waals surface area contributed by atoms with Gasteiger partial charge in [0.05, 0.1) is 5.56 Å². The average molecular weight is 416 g/mol. The summed E-state index contributed by atoms with van der Waals surface area (Å²) in [4.78, 5) is 33.2. The summed E-state index contributed by atoms with van der Waals surface area (Å²) in [7, 11) is 0. The number of furan rings is 1. The summed E-state index contributed by atoms with van der Waals surface area (Å²) in [6.07, 6.45) is 7.65. The van der Waals surface area contributed by atoms with Gasteiger partial charge in [0.2, 0.25) is 0 Å². The first-order valence-electron chi connectivity index (χ1n) is 11.0. The molecular weight excluding hydrogens is 382 g/mol. The van der Waals surface area contributed by atoms with Crippen LogP contribution < -0.4 is 10.8 Å². The number of rotatable bonds is 3. The van der Waals surface area contributed by atoms with E-state index in [1.165, 1.54) is 12.8 Å². The monoisotopic (exact) mass is 415 g/mol. The van der Waals surface area contributed by atoms with E-state index in [2.05, 4.69) is 31.6 Å². The van der Waals surface area contributed by atoms with Gasteiger partial charge in [0.25, 0.3) is 11.8 Å². The summed E-state index contributed by atoms with van der Waals surface area (Å²) in [5.41, 5.74) is 3.28. The van der Waals surface area contributed by atoms with Gasteiger partial charge in [-0.1, -0.05) is 33.6 Å². The molecule has 1 aliphatic carbocycles.